The monoisotopic (exact) mass is 378 g/mol. The van der Waals surface area contributed by atoms with Gasteiger partial charge in [0.2, 0.25) is 0 Å². The molecule has 2 aromatic carbocycles. The summed E-state index contributed by atoms with van der Waals surface area (Å²) in [4.78, 5) is 9.23. The SMILES string of the molecule is Cc1ccc(-c2cc(N3CCN(c4ccccc4Cl)CC3)cc(N)n2)cc1. The number of hydrogen-bond acceptors (Lipinski definition) is 4. The topological polar surface area (TPSA) is 45.4 Å². The van der Waals surface area contributed by atoms with Gasteiger partial charge in [0.25, 0.3) is 0 Å². The van der Waals surface area contributed by atoms with Crippen LogP contribution in [0.5, 0.6) is 0 Å². The van der Waals surface area contributed by atoms with Crippen LogP contribution in [0.4, 0.5) is 17.2 Å². The lowest BCUT2D eigenvalue weighted by molar-refractivity contribution is 0.653. The first-order valence-corrected chi connectivity index (χ1v) is 9.57. The maximum atomic E-state index is 6.35. The molecule has 0 atom stereocenters. The fourth-order valence-electron chi connectivity index (χ4n) is 3.51. The third-order valence-electron chi connectivity index (χ3n) is 5.02. The Bertz CT molecular complexity index is 931. The van der Waals surface area contributed by atoms with E-state index in [0.717, 1.165) is 53.8 Å². The van der Waals surface area contributed by atoms with Crippen molar-refractivity contribution in [1.82, 2.24) is 4.98 Å². The third-order valence-corrected chi connectivity index (χ3v) is 5.33. The number of para-hydroxylation sites is 1. The number of nitrogens with two attached hydrogens (primary N) is 1. The molecule has 0 bridgehead atoms. The van der Waals surface area contributed by atoms with Gasteiger partial charge in [0.15, 0.2) is 0 Å². The van der Waals surface area contributed by atoms with Crippen molar-refractivity contribution < 1.29 is 0 Å². The Hall–Kier alpha value is -2.72. The predicted octanol–water partition coefficient (Wildman–Crippen LogP) is 4.62. The summed E-state index contributed by atoms with van der Waals surface area (Å²) >= 11 is 6.35. The number of nitrogens with zero attached hydrogens (tertiary/aromatic N) is 3. The number of nitrogen functional groups attached to an aromatic ring is 1. The lowest BCUT2D eigenvalue weighted by Crippen LogP contribution is -2.46. The second kappa shape index (κ2) is 7.49. The molecule has 0 saturated carbocycles. The van der Waals surface area contributed by atoms with Crippen molar-refractivity contribution in [3.8, 4) is 11.3 Å². The van der Waals surface area contributed by atoms with Crippen LogP contribution >= 0.6 is 11.6 Å². The summed E-state index contributed by atoms with van der Waals surface area (Å²) in [5.41, 5.74) is 11.6. The molecule has 27 heavy (non-hydrogen) atoms. The first kappa shape index (κ1) is 17.7. The summed E-state index contributed by atoms with van der Waals surface area (Å²) in [5, 5.41) is 0.806. The summed E-state index contributed by atoms with van der Waals surface area (Å²) in [7, 11) is 0. The van der Waals surface area contributed by atoms with Gasteiger partial charge in [0.05, 0.1) is 16.4 Å². The zero-order valence-electron chi connectivity index (χ0n) is 15.4. The Morgan fingerprint density at radius 3 is 2.26 bits per heavy atom. The molecule has 0 spiro atoms. The number of hydrogen-bond donors (Lipinski definition) is 1. The molecule has 0 unspecified atom stereocenters. The van der Waals surface area contributed by atoms with Gasteiger partial charge in [-0.1, -0.05) is 53.6 Å². The van der Waals surface area contributed by atoms with Crippen LogP contribution in [0.15, 0.2) is 60.7 Å². The lowest BCUT2D eigenvalue weighted by atomic mass is 10.1. The van der Waals surface area contributed by atoms with Crippen molar-refractivity contribution >= 4 is 28.8 Å². The summed E-state index contributed by atoms with van der Waals surface area (Å²) in [6.45, 7) is 5.77. The normalized spacial score (nSPS) is 14.4. The number of aromatic nitrogens is 1. The molecule has 0 radical (unpaired) electrons. The molecule has 1 saturated heterocycles. The van der Waals surface area contributed by atoms with E-state index in [2.05, 4.69) is 58.1 Å². The molecule has 4 rings (SSSR count). The average molecular weight is 379 g/mol. The fraction of sp³-hybridized carbons (Fsp3) is 0.227. The molecule has 1 fully saturated rings. The molecule has 1 aromatic heterocycles. The molecule has 4 nitrogen and oxygen atoms in total. The molecule has 138 valence electrons. The van der Waals surface area contributed by atoms with E-state index in [9.17, 15) is 0 Å². The van der Waals surface area contributed by atoms with E-state index in [0.29, 0.717) is 5.82 Å². The summed E-state index contributed by atoms with van der Waals surface area (Å²) in [6.07, 6.45) is 0. The number of piperazine rings is 1. The highest BCUT2D eigenvalue weighted by Gasteiger charge is 2.20. The van der Waals surface area contributed by atoms with E-state index in [1.165, 1.54) is 5.56 Å². The van der Waals surface area contributed by atoms with Crippen LogP contribution in [0.1, 0.15) is 5.56 Å². The number of halogens is 1. The summed E-state index contributed by atoms with van der Waals surface area (Å²) in [5.74, 6) is 0.552. The number of pyridine rings is 1. The van der Waals surface area contributed by atoms with Gasteiger partial charge in [-0.2, -0.15) is 0 Å². The van der Waals surface area contributed by atoms with Crippen molar-refractivity contribution in [2.45, 2.75) is 6.92 Å². The van der Waals surface area contributed by atoms with E-state index in [-0.39, 0.29) is 0 Å². The Morgan fingerprint density at radius 1 is 0.889 bits per heavy atom. The highest BCUT2D eigenvalue weighted by Crippen LogP contribution is 2.29. The molecule has 2 heterocycles. The van der Waals surface area contributed by atoms with E-state index in [1.54, 1.807) is 0 Å². The third kappa shape index (κ3) is 3.86. The second-order valence-electron chi connectivity index (χ2n) is 6.93. The van der Waals surface area contributed by atoms with Crippen LogP contribution in [-0.2, 0) is 0 Å². The molecule has 1 aliphatic rings. The molecule has 1 aliphatic heterocycles. The molecular formula is C22H23ClN4. The van der Waals surface area contributed by atoms with Gasteiger partial charge in [-0.25, -0.2) is 4.98 Å². The quantitative estimate of drug-likeness (QED) is 0.722. The predicted molar refractivity (Wildman–Crippen MR) is 115 cm³/mol. The van der Waals surface area contributed by atoms with E-state index < -0.39 is 0 Å². The minimum absolute atomic E-state index is 0.552. The Kier molecular flexibility index (Phi) is 4.90. The van der Waals surface area contributed by atoms with E-state index in [1.807, 2.05) is 24.3 Å². The second-order valence-corrected chi connectivity index (χ2v) is 7.33. The van der Waals surface area contributed by atoms with Crippen LogP contribution in [-0.4, -0.2) is 31.2 Å². The van der Waals surface area contributed by atoms with Gasteiger partial charge in [-0.3, -0.25) is 0 Å². The van der Waals surface area contributed by atoms with Crippen molar-refractivity contribution in [2.75, 3.05) is 41.7 Å². The first-order chi connectivity index (χ1) is 13.1. The standard InChI is InChI=1S/C22H23ClN4/c1-16-6-8-17(9-7-16)20-14-18(15-22(24)25-20)26-10-12-27(13-11-26)21-5-3-2-4-19(21)23/h2-9,14-15H,10-13H2,1H3,(H2,24,25). The number of benzene rings is 2. The molecule has 5 heteroatoms. The van der Waals surface area contributed by atoms with Crippen molar-refractivity contribution in [3.63, 3.8) is 0 Å². The maximum absolute atomic E-state index is 6.35. The van der Waals surface area contributed by atoms with Crippen LogP contribution in [0.2, 0.25) is 5.02 Å². The minimum atomic E-state index is 0.552. The van der Waals surface area contributed by atoms with Crippen molar-refractivity contribution in [1.29, 1.82) is 0 Å². The number of aryl methyl sites for hydroxylation is 1. The van der Waals surface area contributed by atoms with E-state index in [4.69, 9.17) is 17.3 Å². The number of rotatable bonds is 3. The van der Waals surface area contributed by atoms with Gasteiger partial charge in [-0.15, -0.1) is 0 Å². The van der Waals surface area contributed by atoms with Crippen LogP contribution < -0.4 is 15.5 Å². The van der Waals surface area contributed by atoms with Gasteiger partial charge in [-0.05, 0) is 25.1 Å². The smallest absolute Gasteiger partial charge is 0.126 e. The van der Waals surface area contributed by atoms with Crippen LogP contribution in [0, 0.1) is 6.92 Å². The van der Waals surface area contributed by atoms with Gasteiger partial charge in [0, 0.05) is 43.5 Å². The average Bonchev–Trinajstić information content (AvgIpc) is 2.69. The van der Waals surface area contributed by atoms with Crippen LogP contribution in [0.3, 0.4) is 0 Å². The van der Waals surface area contributed by atoms with Crippen LogP contribution in [0.25, 0.3) is 11.3 Å². The molecular weight excluding hydrogens is 356 g/mol. The molecule has 2 N–H and O–H groups in total. The highest BCUT2D eigenvalue weighted by molar-refractivity contribution is 6.33. The Morgan fingerprint density at radius 2 is 1.56 bits per heavy atom. The minimum Gasteiger partial charge on any atom is -0.384 e. The summed E-state index contributed by atoms with van der Waals surface area (Å²) in [6, 6.07) is 20.5. The Labute approximate surface area is 165 Å². The van der Waals surface area contributed by atoms with Gasteiger partial charge in [0.1, 0.15) is 5.82 Å². The van der Waals surface area contributed by atoms with E-state index >= 15 is 0 Å². The number of anilines is 3. The van der Waals surface area contributed by atoms with Gasteiger partial charge >= 0.3 is 0 Å². The summed E-state index contributed by atoms with van der Waals surface area (Å²) < 4.78 is 0. The Balaban J connectivity index is 1.53. The van der Waals surface area contributed by atoms with Crippen molar-refractivity contribution in [3.05, 3.63) is 71.2 Å². The molecule has 3 aromatic rings. The molecule has 0 amide bonds. The fourth-order valence-corrected chi connectivity index (χ4v) is 3.76. The highest BCUT2D eigenvalue weighted by atomic mass is 35.5. The van der Waals surface area contributed by atoms with Crippen molar-refractivity contribution in [2.24, 2.45) is 0 Å². The maximum Gasteiger partial charge on any atom is 0.126 e. The zero-order chi connectivity index (χ0) is 18.8. The largest absolute Gasteiger partial charge is 0.384 e. The molecule has 0 aliphatic carbocycles. The lowest BCUT2D eigenvalue weighted by Gasteiger charge is -2.37. The zero-order valence-corrected chi connectivity index (χ0v) is 16.2. The first-order valence-electron chi connectivity index (χ1n) is 9.19. The van der Waals surface area contributed by atoms with Gasteiger partial charge < -0.3 is 15.5 Å².